The zero-order chi connectivity index (χ0) is 22.3. The largest absolute Gasteiger partial charge is 0.492 e. The summed E-state index contributed by atoms with van der Waals surface area (Å²) in [6.07, 6.45) is 3.20. The highest BCUT2D eigenvalue weighted by Crippen LogP contribution is 2.39. The van der Waals surface area contributed by atoms with Crippen molar-refractivity contribution in [3.63, 3.8) is 0 Å². The van der Waals surface area contributed by atoms with Gasteiger partial charge in [-0.2, -0.15) is 0 Å². The van der Waals surface area contributed by atoms with Gasteiger partial charge < -0.3 is 33.9 Å². The van der Waals surface area contributed by atoms with E-state index in [1.807, 2.05) is 44.2 Å². The minimum Gasteiger partial charge on any atom is -0.492 e. The van der Waals surface area contributed by atoms with Crippen LogP contribution in [0.25, 0.3) is 6.08 Å². The molecule has 0 aliphatic carbocycles. The Labute approximate surface area is 187 Å². The lowest BCUT2D eigenvalue weighted by Crippen LogP contribution is -2.36. The van der Waals surface area contributed by atoms with Crippen LogP contribution in [0.3, 0.4) is 0 Å². The Balaban J connectivity index is 1.54. The number of rotatable bonds is 8. The molecule has 0 saturated carbocycles. The third-order valence-electron chi connectivity index (χ3n) is 5.09. The van der Waals surface area contributed by atoms with Crippen LogP contribution in [0.4, 0.5) is 11.4 Å². The van der Waals surface area contributed by atoms with Crippen molar-refractivity contribution >= 4 is 23.4 Å². The van der Waals surface area contributed by atoms with E-state index in [0.717, 1.165) is 24.3 Å². The van der Waals surface area contributed by atoms with Gasteiger partial charge in [-0.15, -0.1) is 0 Å². The first kappa shape index (κ1) is 21.8. The first-order valence-electron chi connectivity index (χ1n) is 10.8. The second kappa shape index (κ2) is 10.3. The minimum absolute atomic E-state index is 0.214. The summed E-state index contributed by atoms with van der Waals surface area (Å²) in [4.78, 5) is 14.9. The molecular weight excluding hydrogens is 412 g/mol. The quantitative estimate of drug-likeness (QED) is 0.627. The van der Waals surface area contributed by atoms with Crippen LogP contribution in [0.5, 0.6) is 23.0 Å². The lowest BCUT2D eigenvalue weighted by Gasteiger charge is -2.31. The summed E-state index contributed by atoms with van der Waals surface area (Å²) in [7, 11) is 0. The first-order chi connectivity index (χ1) is 15.7. The summed E-state index contributed by atoms with van der Waals surface area (Å²) in [5.74, 6) is 2.41. The van der Waals surface area contributed by atoms with Gasteiger partial charge in [-0.1, -0.05) is 6.07 Å². The van der Waals surface area contributed by atoms with Gasteiger partial charge in [0.2, 0.25) is 12.7 Å². The maximum Gasteiger partial charge on any atom is 0.248 e. The number of benzene rings is 2. The molecule has 8 heteroatoms. The molecule has 0 spiro atoms. The minimum atomic E-state index is -0.273. The van der Waals surface area contributed by atoms with Crippen LogP contribution in [-0.4, -0.2) is 52.2 Å². The predicted molar refractivity (Wildman–Crippen MR) is 122 cm³/mol. The van der Waals surface area contributed by atoms with E-state index < -0.39 is 0 Å². The fourth-order valence-electron chi connectivity index (χ4n) is 3.61. The standard InChI is InChI=1S/C24H28N2O6/c1-3-29-21-15-19(26-9-11-28-12-10-26)22(30-4-2)14-18(21)25-24(27)8-6-17-5-7-20-23(13-17)32-16-31-20/h5-8,13-15H,3-4,9-12,16H2,1-2H3,(H,25,27). The molecular formula is C24H28N2O6. The smallest absolute Gasteiger partial charge is 0.248 e. The number of fused-ring (bicyclic) bond motifs is 1. The molecule has 1 N–H and O–H groups in total. The Hall–Kier alpha value is -3.39. The number of hydrogen-bond donors (Lipinski definition) is 1. The Morgan fingerprint density at radius 3 is 2.56 bits per heavy atom. The average molecular weight is 440 g/mol. The van der Waals surface area contributed by atoms with Gasteiger partial charge in [0, 0.05) is 31.3 Å². The van der Waals surface area contributed by atoms with Crippen LogP contribution >= 0.6 is 0 Å². The first-order valence-corrected chi connectivity index (χ1v) is 10.8. The Bertz CT molecular complexity index is 985. The molecule has 0 aromatic heterocycles. The van der Waals surface area contributed by atoms with Crippen molar-refractivity contribution in [2.24, 2.45) is 0 Å². The molecule has 2 aliphatic heterocycles. The molecule has 2 heterocycles. The highest BCUT2D eigenvalue weighted by atomic mass is 16.7. The third-order valence-corrected chi connectivity index (χ3v) is 5.09. The zero-order valence-electron chi connectivity index (χ0n) is 18.4. The molecule has 170 valence electrons. The Kier molecular flexibility index (Phi) is 7.01. The number of ether oxygens (including phenoxy) is 5. The van der Waals surface area contributed by atoms with E-state index in [4.69, 9.17) is 23.7 Å². The number of anilines is 2. The van der Waals surface area contributed by atoms with Crippen LogP contribution in [0, 0.1) is 0 Å². The van der Waals surface area contributed by atoms with Crippen LogP contribution in [0.1, 0.15) is 19.4 Å². The molecule has 0 radical (unpaired) electrons. The summed E-state index contributed by atoms with van der Waals surface area (Å²) in [5, 5.41) is 2.92. The number of carbonyl (C=O) groups is 1. The van der Waals surface area contributed by atoms with Crippen LogP contribution in [0.2, 0.25) is 0 Å². The lowest BCUT2D eigenvalue weighted by molar-refractivity contribution is -0.111. The zero-order valence-corrected chi connectivity index (χ0v) is 18.4. The maximum atomic E-state index is 12.7. The SMILES string of the molecule is CCOc1cc(N2CCOCC2)c(OCC)cc1NC(=O)C=Cc1ccc2c(c1)OCO2. The van der Waals surface area contributed by atoms with Crippen molar-refractivity contribution in [2.45, 2.75) is 13.8 Å². The van der Waals surface area contributed by atoms with Gasteiger partial charge in [0.05, 0.1) is 37.8 Å². The lowest BCUT2D eigenvalue weighted by atomic mass is 10.2. The normalized spacial score (nSPS) is 15.1. The topological polar surface area (TPSA) is 78.5 Å². The molecule has 2 aromatic rings. The Morgan fingerprint density at radius 1 is 1.03 bits per heavy atom. The summed E-state index contributed by atoms with van der Waals surface area (Å²) >= 11 is 0. The number of hydrogen-bond acceptors (Lipinski definition) is 7. The van der Waals surface area contributed by atoms with Crippen molar-refractivity contribution in [1.82, 2.24) is 0 Å². The predicted octanol–water partition coefficient (Wildman–Crippen LogP) is 3.70. The van der Waals surface area contributed by atoms with Crippen molar-refractivity contribution in [2.75, 3.05) is 56.5 Å². The van der Waals surface area contributed by atoms with Crippen LogP contribution in [0.15, 0.2) is 36.4 Å². The molecule has 0 bridgehead atoms. The van der Waals surface area contributed by atoms with Crippen LogP contribution < -0.4 is 29.2 Å². The van der Waals surface area contributed by atoms with E-state index >= 15 is 0 Å². The third kappa shape index (κ3) is 5.08. The average Bonchev–Trinajstić information content (AvgIpc) is 3.28. The highest BCUT2D eigenvalue weighted by Gasteiger charge is 2.20. The fraction of sp³-hybridized carbons (Fsp3) is 0.375. The molecule has 0 atom stereocenters. The number of nitrogens with one attached hydrogen (secondary N) is 1. The van der Waals surface area contributed by atoms with Gasteiger partial charge in [-0.05, 0) is 37.6 Å². The molecule has 2 aliphatic rings. The molecule has 1 saturated heterocycles. The summed E-state index contributed by atoms with van der Waals surface area (Å²) in [6, 6.07) is 9.28. The van der Waals surface area contributed by atoms with E-state index in [1.54, 1.807) is 6.08 Å². The summed E-state index contributed by atoms with van der Waals surface area (Å²) in [5.41, 5.74) is 2.34. The van der Waals surface area contributed by atoms with Gasteiger partial charge in [0.1, 0.15) is 11.5 Å². The monoisotopic (exact) mass is 440 g/mol. The summed E-state index contributed by atoms with van der Waals surface area (Å²) in [6.45, 7) is 7.94. The van der Waals surface area contributed by atoms with Crippen LogP contribution in [-0.2, 0) is 9.53 Å². The number of nitrogens with zero attached hydrogens (tertiary/aromatic N) is 1. The van der Waals surface area contributed by atoms with Gasteiger partial charge in [-0.3, -0.25) is 4.79 Å². The number of carbonyl (C=O) groups excluding carboxylic acids is 1. The molecule has 1 amide bonds. The number of amides is 1. The van der Waals surface area contributed by atoms with Crippen molar-refractivity contribution < 1.29 is 28.5 Å². The van der Waals surface area contributed by atoms with E-state index in [1.165, 1.54) is 6.08 Å². The van der Waals surface area contributed by atoms with E-state index in [9.17, 15) is 4.79 Å². The van der Waals surface area contributed by atoms with Crippen molar-refractivity contribution in [1.29, 1.82) is 0 Å². The molecule has 0 unspecified atom stereocenters. The molecule has 2 aromatic carbocycles. The molecule has 4 rings (SSSR count). The van der Waals surface area contributed by atoms with Gasteiger partial charge >= 0.3 is 0 Å². The molecule has 1 fully saturated rings. The highest BCUT2D eigenvalue weighted by molar-refractivity contribution is 6.03. The molecule has 32 heavy (non-hydrogen) atoms. The molecule has 8 nitrogen and oxygen atoms in total. The van der Waals surface area contributed by atoms with E-state index in [2.05, 4.69) is 10.2 Å². The van der Waals surface area contributed by atoms with Crippen molar-refractivity contribution in [3.8, 4) is 23.0 Å². The summed E-state index contributed by atoms with van der Waals surface area (Å²) < 4.78 is 27.9. The Morgan fingerprint density at radius 2 is 1.78 bits per heavy atom. The van der Waals surface area contributed by atoms with E-state index in [-0.39, 0.29) is 12.7 Å². The van der Waals surface area contributed by atoms with E-state index in [0.29, 0.717) is 55.1 Å². The van der Waals surface area contributed by atoms with Gasteiger partial charge in [-0.25, -0.2) is 0 Å². The van der Waals surface area contributed by atoms with Gasteiger partial charge in [0.25, 0.3) is 0 Å². The van der Waals surface area contributed by atoms with Crippen molar-refractivity contribution in [3.05, 3.63) is 42.0 Å². The number of morpholine rings is 1. The van der Waals surface area contributed by atoms with Gasteiger partial charge in [0.15, 0.2) is 11.5 Å². The maximum absolute atomic E-state index is 12.7. The second-order valence-electron chi connectivity index (χ2n) is 7.22. The fourth-order valence-corrected chi connectivity index (χ4v) is 3.61. The second-order valence-corrected chi connectivity index (χ2v) is 7.22.